The van der Waals surface area contributed by atoms with Crippen LogP contribution in [0.3, 0.4) is 0 Å². The van der Waals surface area contributed by atoms with Crippen LogP contribution < -0.4 is 5.32 Å². The van der Waals surface area contributed by atoms with Crippen LogP contribution >= 0.6 is 0 Å². The SMILES string of the molecule is Cc1ccccc1CCN(C(=O)CN1C(=O)c2ccccc2S1(=O)=O)[C@H](C(=O)NC[C@H]1CCCO1)c1ccncc1. The molecule has 0 aliphatic carbocycles. The Hall–Kier alpha value is -4.09. The maximum atomic E-state index is 14.0. The molecular formula is C30H32N4O6S. The second kappa shape index (κ2) is 12.2. The van der Waals surface area contributed by atoms with Gasteiger partial charge in [-0.1, -0.05) is 36.4 Å². The second-order valence-electron chi connectivity index (χ2n) is 10.1. The number of aromatic nitrogens is 1. The van der Waals surface area contributed by atoms with Gasteiger partial charge in [-0.25, -0.2) is 12.7 Å². The van der Waals surface area contributed by atoms with Gasteiger partial charge in [0.25, 0.3) is 15.9 Å². The molecule has 3 heterocycles. The number of rotatable bonds is 10. The predicted molar refractivity (Wildman–Crippen MR) is 150 cm³/mol. The quantitative estimate of drug-likeness (QED) is 0.393. The zero-order valence-corrected chi connectivity index (χ0v) is 23.5. The monoisotopic (exact) mass is 576 g/mol. The summed E-state index contributed by atoms with van der Waals surface area (Å²) < 4.78 is 32.7. The number of carbonyl (C=O) groups excluding carboxylic acids is 3. The van der Waals surface area contributed by atoms with E-state index in [9.17, 15) is 22.8 Å². The normalized spacial score (nSPS) is 18.1. The van der Waals surface area contributed by atoms with Gasteiger partial charge in [0.15, 0.2) is 0 Å². The van der Waals surface area contributed by atoms with Crippen molar-refractivity contribution in [3.05, 3.63) is 95.3 Å². The summed E-state index contributed by atoms with van der Waals surface area (Å²) in [6.45, 7) is 2.26. The van der Waals surface area contributed by atoms with Gasteiger partial charge in [-0.15, -0.1) is 0 Å². The molecule has 2 aliphatic heterocycles. The van der Waals surface area contributed by atoms with E-state index < -0.39 is 40.3 Å². The molecule has 0 spiro atoms. The number of nitrogens with zero attached hydrogens (tertiary/aromatic N) is 3. The summed E-state index contributed by atoms with van der Waals surface area (Å²) >= 11 is 0. The molecule has 3 amide bonds. The third-order valence-electron chi connectivity index (χ3n) is 7.50. The predicted octanol–water partition coefficient (Wildman–Crippen LogP) is 2.64. The van der Waals surface area contributed by atoms with Gasteiger partial charge >= 0.3 is 0 Å². The molecule has 1 fully saturated rings. The van der Waals surface area contributed by atoms with Crippen LogP contribution in [0.25, 0.3) is 0 Å². The molecule has 214 valence electrons. The minimum absolute atomic E-state index is 0.0201. The Bertz CT molecular complexity index is 1540. The van der Waals surface area contributed by atoms with Gasteiger partial charge < -0.3 is 15.0 Å². The van der Waals surface area contributed by atoms with Gasteiger partial charge in [0.2, 0.25) is 11.8 Å². The number of hydrogen-bond donors (Lipinski definition) is 1. The van der Waals surface area contributed by atoms with Gasteiger partial charge in [-0.2, -0.15) is 0 Å². The number of ether oxygens (including phenoxy) is 1. The fraction of sp³-hybridized carbons (Fsp3) is 0.333. The first-order chi connectivity index (χ1) is 19.8. The van der Waals surface area contributed by atoms with E-state index >= 15 is 0 Å². The first kappa shape index (κ1) is 28.4. The molecule has 41 heavy (non-hydrogen) atoms. The van der Waals surface area contributed by atoms with E-state index in [1.54, 1.807) is 18.2 Å². The number of benzene rings is 2. The molecule has 10 nitrogen and oxygen atoms in total. The average molecular weight is 577 g/mol. The molecule has 3 aromatic rings. The molecule has 2 atom stereocenters. The largest absolute Gasteiger partial charge is 0.376 e. The standard InChI is InChI=1S/C30H32N4O6S/c1-21-7-2-3-8-22(21)14-17-33(27(35)20-34-30(37)25-10-4-5-11-26(25)41(34,38)39)28(23-12-15-31-16-13-23)29(36)32-19-24-9-6-18-40-24/h2-5,7-8,10-13,15-16,24,28H,6,9,14,17-20H2,1H3,(H,32,36)/t24-,28+/m1/s1. The zero-order valence-electron chi connectivity index (χ0n) is 22.7. The summed E-state index contributed by atoms with van der Waals surface area (Å²) in [6.07, 6.45) is 5.11. The molecule has 2 aliphatic rings. The van der Waals surface area contributed by atoms with Gasteiger partial charge in [0.05, 0.1) is 11.7 Å². The van der Waals surface area contributed by atoms with Crippen molar-refractivity contribution in [2.45, 2.75) is 43.2 Å². The van der Waals surface area contributed by atoms with Gasteiger partial charge in [0.1, 0.15) is 17.5 Å². The Morgan fingerprint density at radius 1 is 1.10 bits per heavy atom. The van der Waals surface area contributed by atoms with Crippen LogP contribution in [0.15, 0.2) is 78.0 Å². The van der Waals surface area contributed by atoms with Crippen molar-refractivity contribution in [3.8, 4) is 0 Å². The summed E-state index contributed by atoms with van der Waals surface area (Å²) in [5, 5.41) is 2.92. The smallest absolute Gasteiger partial charge is 0.269 e. The van der Waals surface area contributed by atoms with Crippen LogP contribution in [-0.2, 0) is 30.8 Å². The van der Waals surface area contributed by atoms with E-state index in [1.807, 2.05) is 31.2 Å². The summed E-state index contributed by atoms with van der Waals surface area (Å²) in [5.74, 6) is -1.86. The van der Waals surface area contributed by atoms with Crippen LogP contribution in [0, 0.1) is 6.92 Å². The van der Waals surface area contributed by atoms with E-state index in [2.05, 4.69) is 10.3 Å². The molecule has 0 saturated carbocycles. The van der Waals surface area contributed by atoms with Gasteiger partial charge in [-0.05, 0) is 67.1 Å². The summed E-state index contributed by atoms with van der Waals surface area (Å²) in [5.41, 5.74) is 2.54. The Morgan fingerprint density at radius 2 is 1.83 bits per heavy atom. The number of fused-ring (bicyclic) bond motifs is 1. The highest BCUT2D eigenvalue weighted by atomic mass is 32.2. The van der Waals surface area contributed by atoms with Crippen LogP contribution in [0.2, 0.25) is 0 Å². The molecule has 1 aromatic heterocycles. The Morgan fingerprint density at radius 3 is 2.54 bits per heavy atom. The maximum absolute atomic E-state index is 14.0. The number of amides is 3. The lowest BCUT2D eigenvalue weighted by molar-refractivity contribution is -0.141. The Kier molecular flexibility index (Phi) is 8.46. The lowest BCUT2D eigenvalue weighted by Crippen LogP contribution is -2.49. The van der Waals surface area contributed by atoms with Crippen molar-refractivity contribution in [1.29, 1.82) is 0 Å². The number of aryl methyl sites for hydroxylation is 1. The third-order valence-corrected chi connectivity index (χ3v) is 9.29. The van der Waals surface area contributed by atoms with Crippen molar-refractivity contribution in [2.24, 2.45) is 0 Å². The number of sulfonamides is 1. The number of nitrogens with one attached hydrogen (secondary N) is 1. The highest BCUT2D eigenvalue weighted by Gasteiger charge is 2.43. The van der Waals surface area contributed by atoms with Crippen LogP contribution in [0.1, 0.15) is 45.9 Å². The van der Waals surface area contributed by atoms with Gasteiger partial charge in [-0.3, -0.25) is 19.4 Å². The molecule has 1 N–H and O–H groups in total. The summed E-state index contributed by atoms with van der Waals surface area (Å²) in [6, 6.07) is 15.8. The summed E-state index contributed by atoms with van der Waals surface area (Å²) in [4.78, 5) is 46.1. The van der Waals surface area contributed by atoms with E-state index in [0.29, 0.717) is 22.9 Å². The molecule has 0 unspecified atom stereocenters. The maximum Gasteiger partial charge on any atom is 0.269 e. The highest BCUT2D eigenvalue weighted by Crippen LogP contribution is 2.31. The average Bonchev–Trinajstić information content (AvgIpc) is 3.57. The second-order valence-corrected chi connectivity index (χ2v) is 12.0. The van der Waals surface area contributed by atoms with Crippen molar-refractivity contribution >= 4 is 27.7 Å². The topological polar surface area (TPSA) is 126 Å². The van der Waals surface area contributed by atoms with E-state index in [-0.39, 0.29) is 29.7 Å². The lowest BCUT2D eigenvalue weighted by Gasteiger charge is -2.33. The number of pyridine rings is 1. The van der Waals surface area contributed by atoms with Gasteiger partial charge in [0, 0.05) is 32.1 Å². The van der Waals surface area contributed by atoms with Crippen LogP contribution in [-0.4, -0.2) is 72.7 Å². The Labute approximate surface area is 239 Å². The number of carbonyl (C=O) groups is 3. The molecular weight excluding hydrogens is 544 g/mol. The zero-order chi connectivity index (χ0) is 29.0. The molecule has 2 aromatic carbocycles. The highest BCUT2D eigenvalue weighted by molar-refractivity contribution is 7.90. The Balaban J connectivity index is 1.47. The van der Waals surface area contributed by atoms with Crippen LogP contribution in [0.5, 0.6) is 0 Å². The van der Waals surface area contributed by atoms with Crippen molar-refractivity contribution in [1.82, 2.24) is 19.5 Å². The molecule has 5 rings (SSSR count). The fourth-order valence-corrected chi connectivity index (χ4v) is 6.78. The molecule has 0 radical (unpaired) electrons. The van der Waals surface area contributed by atoms with E-state index in [1.165, 1.54) is 35.5 Å². The van der Waals surface area contributed by atoms with E-state index in [0.717, 1.165) is 24.0 Å². The minimum atomic E-state index is -4.22. The first-order valence-electron chi connectivity index (χ1n) is 13.6. The molecule has 1 saturated heterocycles. The van der Waals surface area contributed by atoms with Crippen molar-refractivity contribution in [2.75, 3.05) is 26.2 Å². The molecule has 11 heteroatoms. The van der Waals surface area contributed by atoms with Crippen LogP contribution in [0.4, 0.5) is 0 Å². The fourth-order valence-electron chi connectivity index (χ4n) is 5.27. The molecule has 0 bridgehead atoms. The third kappa shape index (κ3) is 6.01. The minimum Gasteiger partial charge on any atom is -0.376 e. The first-order valence-corrected chi connectivity index (χ1v) is 15.0. The van der Waals surface area contributed by atoms with Crippen molar-refractivity contribution in [3.63, 3.8) is 0 Å². The summed E-state index contributed by atoms with van der Waals surface area (Å²) in [7, 11) is -4.22. The van der Waals surface area contributed by atoms with E-state index in [4.69, 9.17) is 4.74 Å². The number of hydrogen-bond acceptors (Lipinski definition) is 7. The van der Waals surface area contributed by atoms with Crippen molar-refractivity contribution < 1.29 is 27.5 Å². The lowest BCUT2D eigenvalue weighted by atomic mass is 10.0.